The minimum Gasteiger partial charge on any atom is -0.466 e. The van der Waals surface area contributed by atoms with Gasteiger partial charge in [-0.15, -0.1) is 0 Å². The molecule has 0 amide bonds. The molecule has 0 radical (unpaired) electrons. The summed E-state index contributed by atoms with van der Waals surface area (Å²) in [4.78, 5) is 14.4. The first-order valence-corrected chi connectivity index (χ1v) is 4.47. The molecule has 0 atom stereocenters. The van der Waals surface area contributed by atoms with Crippen molar-refractivity contribution in [2.75, 3.05) is 6.61 Å². The molecule has 1 heterocycles. The molecule has 0 unspecified atom stereocenters. The van der Waals surface area contributed by atoms with E-state index in [9.17, 15) is 9.18 Å². The highest BCUT2D eigenvalue weighted by Gasteiger charge is 2.11. The van der Waals surface area contributed by atoms with Gasteiger partial charge in [-0.05, 0) is 18.6 Å². The smallest absolute Gasteiger partial charge is 0.310 e. The molecule has 1 aromatic rings. The minimum absolute atomic E-state index is 0.0356. The number of aromatic nitrogens is 1. The van der Waals surface area contributed by atoms with Gasteiger partial charge in [-0.2, -0.15) is 4.39 Å². The Hall–Kier alpha value is -1.16. The van der Waals surface area contributed by atoms with Gasteiger partial charge in [0.25, 0.3) is 0 Å². The zero-order valence-corrected chi connectivity index (χ0v) is 8.34. The van der Waals surface area contributed by atoms with Gasteiger partial charge in [0.15, 0.2) is 0 Å². The highest BCUT2D eigenvalue weighted by Crippen LogP contribution is 2.18. The third kappa shape index (κ3) is 2.67. The molecule has 0 fully saturated rings. The van der Waals surface area contributed by atoms with E-state index in [1.54, 1.807) is 6.92 Å². The Kier molecular flexibility index (Phi) is 3.83. The van der Waals surface area contributed by atoms with Crippen LogP contribution in [0.25, 0.3) is 0 Å². The Morgan fingerprint density at radius 2 is 2.43 bits per heavy atom. The molecular weight excluding hydrogens is 209 g/mol. The molecule has 76 valence electrons. The maximum absolute atomic E-state index is 12.8. The van der Waals surface area contributed by atoms with Crippen LogP contribution in [0.4, 0.5) is 4.39 Å². The molecule has 0 bridgehead atoms. The van der Waals surface area contributed by atoms with E-state index in [0.29, 0.717) is 12.2 Å². The molecule has 0 saturated carbocycles. The molecule has 5 heteroatoms. The van der Waals surface area contributed by atoms with Gasteiger partial charge in [-0.25, -0.2) is 4.98 Å². The molecule has 0 saturated heterocycles. The Balaban J connectivity index is 2.76. The summed E-state index contributed by atoms with van der Waals surface area (Å²) in [5, 5.41) is -0.124. The molecular formula is C9H9ClFNO2. The van der Waals surface area contributed by atoms with Crippen molar-refractivity contribution in [2.24, 2.45) is 0 Å². The summed E-state index contributed by atoms with van der Waals surface area (Å²) >= 11 is 5.59. The third-order valence-corrected chi connectivity index (χ3v) is 1.97. The normalized spacial score (nSPS) is 9.93. The largest absolute Gasteiger partial charge is 0.466 e. The maximum Gasteiger partial charge on any atom is 0.310 e. The lowest BCUT2D eigenvalue weighted by atomic mass is 10.2. The van der Waals surface area contributed by atoms with Crippen molar-refractivity contribution < 1.29 is 13.9 Å². The van der Waals surface area contributed by atoms with Crippen LogP contribution in [-0.2, 0) is 16.0 Å². The van der Waals surface area contributed by atoms with Gasteiger partial charge < -0.3 is 4.74 Å². The number of hydrogen-bond donors (Lipinski definition) is 0. The molecule has 14 heavy (non-hydrogen) atoms. The first-order chi connectivity index (χ1) is 6.65. The second kappa shape index (κ2) is 4.91. The van der Waals surface area contributed by atoms with E-state index in [2.05, 4.69) is 4.98 Å². The molecule has 0 aliphatic heterocycles. The SMILES string of the molecule is CCOC(=O)Cc1ccnc(F)c1Cl. The van der Waals surface area contributed by atoms with Crippen LogP contribution in [-0.4, -0.2) is 17.6 Å². The summed E-state index contributed by atoms with van der Waals surface area (Å²) < 4.78 is 17.5. The predicted molar refractivity (Wildman–Crippen MR) is 49.5 cm³/mol. The fraction of sp³-hybridized carbons (Fsp3) is 0.333. The first kappa shape index (κ1) is 10.9. The summed E-state index contributed by atoms with van der Waals surface area (Å²) in [5.74, 6) is -1.20. The molecule has 0 aromatic carbocycles. The molecule has 0 aliphatic carbocycles. The lowest BCUT2D eigenvalue weighted by molar-refractivity contribution is -0.142. The van der Waals surface area contributed by atoms with Gasteiger partial charge in [0.05, 0.1) is 18.1 Å². The summed E-state index contributed by atoms with van der Waals surface area (Å²) in [5.41, 5.74) is 0.387. The van der Waals surface area contributed by atoms with Crippen LogP contribution >= 0.6 is 11.6 Å². The molecule has 0 spiro atoms. The molecule has 1 rings (SSSR count). The summed E-state index contributed by atoms with van der Waals surface area (Å²) in [6.07, 6.45) is 1.22. The van der Waals surface area contributed by atoms with Crippen molar-refractivity contribution in [2.45, 2.75) is 13.3 Å². The van der Waals surface area contributed by atoms with Gasteiger partial charge in [0, 0.05) is 6.20 Å². The van der Waals surface area contributed by atoms with Gasteiger partial charge in [0.1, 0.15) is 0 Å². The van der Waals surface area contributed by atoms with Crippen molar-refractivity contribution in [3.63, 3.8) is 0 Å². The standard InChI is InChI=1S/C9H9ClFNO2/c1-2-14-7(13)5-6-3-4-12-9(11)8(6)10/h3-4H,2,5H2,1H3. The zero-order chi connectivity index (χ0) is 10.6. The predicted octanol–water partition coefficient (Wildman–Crippen LogP) is 1.98. The van der Waals surface area contributed by atoms with Crippen LogP contribution < -0.4 is 0 Å². The summed E-state index contributed by atoms with van der Waals surface area (Å²) in [6.45, 7) is 2.00. The van der Waals surface area contributed by atoms with Crippen molar-refractivity contribution >= 4 is 17.6 Å². The summed E-state index contributed by atoms with van der Waals surface area (Å²) in [6, 6.07) is 1.49. The van der Waals surface area contributed by atoms with Gasteiger partial charge >= 0.3 is 5.97 Å². The molecule has 3 nitrogen and oxygen atoms in total. The zero-order valence-electron chi connectivity index (χ0n) is 7.59. The van der Waals surface area contributed by atoms with Crippen molar-refractivity contribution in [1.29, 1.82) is 0 Å². The van der Waals surface area contributed by atoms with Crippen molar-refractivity contribution in [3.05, 3.63) is 28.8 Å². The van der Waals surface area contributed by atoms with E-state index in [0.717, 1.165) is 0 Å². The van der Waals surface area contributed by atoms with Gasteiger partial charge in [-0.1, -0.05) is 11.6 Å². The Morgan fingerprint density at radius 3 is 3.07 bits per heavy atom. The lowest BCUT2D eigenvalue weighted by Gasteiger charge is -2.03. The van der Waals surface area contributed by atoms with Gasteiger partial charge in [0.2, 0.25) is 5.95 Å². The fourth-order valence-electron chi connectivity index (χ4n) is 0.959. The average Bonchev–Trinajstić information content (AvgIpc) is 2.13. The fourth-order valence-corrected chi connectivity index (χ4v) is 1.14. The molecule has 0 aliphatic rings. The van der Waals surface area contributed by atoms with Gasteiger partial charge in [-0.3, -0.25) is 4.79 Å². The van der Waals surface area contributed by atoms with Crippen LogP contribution in [0.1, 0.15) is 12.5 Å². The van der Waals surface area contributed by atoms with E-state index >= 15 is 0 Å². The quantitative estimate of drug-likeness (QED) is 0.574. The number of carbonyl (C=O) groups excluding carboxylic acids is 1. The van der Waals surface area contributed by atoms with Crippen LogP contribution in [0, 0.1) is 5.95 Å². The maximum atomic E-state index is 12.8. The molecule has 1 aromatic heterocycles. The Morgan fingerprint density at radius 1 is 1.71 bits per heavy atom. The second-order valence-electron chi connectivity index (χ2n) is 2.56. The first-order valence-electron chi connectivity index (χ1n) is 4.09. The van der Waals surface area contributed by atoms with Crippen molar-refractivity contribution in [1.82, 2.24) is 4.98 Å². The highest BCUT2D eigenvalue weighted by molar-refractivity contribution is 6.31. The van der Waals surface area contributed by atoms with E-state index in [1.807, 2.05) is 0 Å². The number of nitrogens with zero attached hydrogens (tertiary/aromatic N) is 1. The Bertz CT molecular complexity index is 344. The third-order valence-electron chi connectivity index (χ3n) is 1.57. The van der Waals surface area contributed by atoms with Crippen LogP contribution in [0.5, 0.6) is 0 Å². The summed E-state index contributed by atoms with van der Waals surface area (Å²) in [7, 11) is 0. The number of halogens is 2. The van der Waals surface area contributed by atoms with Crippen molar-refractivity contribution in [3.8, 4) is 0 Å². The Labute approximate surface area is 85.9 Å². The minimum atomic E-state index is -0.770. The van der Waals surface area contributed by atoms with Crippen LogP contribution in [0.3, 0.4) is 0 Å². The number of pyridine rings is 1. The topological polar surface area (TPSA) is 39.2 Å². The van der Waals surface area contributed by atoms with Crippen LogP contribution in [0.15, 0.2) is 12.3 Å². The monoisotopic (exact) mass is 217 g/mol. The molecule has 0 N–H and O–H groups in total. The number of rotatable bonds is 3. The number of carbonyl (C=O) groups is 1. The van der Waals surface area contributed by atoms with E-state index in [1.165, 1.54) is 12.3 Å². The van der Waals surface area contributed by atoms with Crippen LogP contribution in [0.2, 0.25) is 5.02 Å². The average molecular weight is 218 g/mol. The van der Waals surface area contributed by atoms with E-state index in [4.69, 9.17) is 16.3 Å². The highest BCUT2D eigenvalue weighted by atomic mass is 35.5. The van der Waals surface area contributed by atoms with E-state index < -0.39 is 11.9 Å². The van der Waals surface area contributed by atoms with E-state index in [-0.39, 0.29) is 11.4 Å². The number of esters is 1. The number of hydrogen-bond acceptors (Lipinski definition) is 3. The number of ether oxygens (including phenoxy) is 1. The second-order valence-corrected chi connectivity index (χ2v) is 2.93. The lowest BCUT2D eigenvalue weighted by Crippen LogP contribution is -2.08.